The molecule has 0 saturated heterocycles. The third-order valence-electron chi connectivity index (χ3n) is 4.72. The fourth-order valence-corrected chi connectivity index (χ4v) is 5.00. The highest BCUT2D eigenvalue weighted by atomic mass is 35.5. The van der Waals surface area contributed by atoms with E-state index in [-0.39, 0.29) is 28.0 Å². The molecule has 0 spiro atoms. The number of amides is 1. The molecule has 0 aliphatic heterocycles. The zero-order valence-corrected chi connectivity index (χ0v) is 18.4. The molecule has 162 valence electrons. The third-order valence-corrected chi connectivity index (χ3v) is 6.82. The molecule has 3 aromatic carbocycles. The van der Waals surface area contributed by atoms with Crippen LogP contribution in [0, 0.1) is 0 Å². The van der Waals surface area contributed by atoms with Crippen LogP contribution in [0.3, 0.4) is 0 Å². The maximum atomic E-state index is 13.4. The Balaban J connectivity index is 1.65. The van der Waals surface area contributed by atoms with Crippen molar-refractivity contribution in [1.82, 2.24) is 9.97 Å². The van der Waals surface area contributed by atoms with Crippen LogP contribution in [-0.4, -0.2) is 30.8 Å². The van der Waals surface area contributed by atoms with Crippen molar-refractivity contribution in [3.05, 3.63) is 96.0 Å². The molecular weight excluding hydrogens is 448 g/mol. The summed E-state index contributed by atoms with van der Waals surface area (Å²) in [4.78, 5) is 20.0. The van der Waals surface area contributed by atoms with Crippen LogP contribution in [0.4, 0.5) is 11.6 Å². The molecule has 4 rings (SSSR count). The predicted octanol–water partition coefficient (Wildman–Crippen LogP) is 4.85. The van der Waals surface area contributed by atoms with Crippen LogP contribution >= 0.6 is 11.6 Å². The molecule has 4 aromatic rings. The number of para-hydroxylation sites is 3. The van der Waals surface area contributed by atoms with E-state index in [0.717, 1.165) is 9.82 Å². The summed E-state index contributed by atoms with van der Waals surface area (Å²) in [5, 5.41) is 2.96. The Morgan fingerprint density at radius 3 is 2.59 bits per heavy atom. The van der Waals surface area contributed by atoms with Gasteiger partial charge in [0.2, 0.25) is 5.95 Å². The van der Waals surface area contributed by atoms with E-state index in [1.807, 2.05) is 24.3 Å². The number of carbonyl (C=O) groups excluding carboxylic acids is 1. The van der Waals surface area contributed by atoms with E-state index >= 15 is 0 Å². The average Bonchev–Trinajstić information content (AvgIpc) is 3.20. The molecule has 7 nitrogen and oxygen atoms in total. The highest BCUT2D eigenvalue weighted by Gasteiger charge is 2.26. The second kappa shape index (κ2) is 8.86. The number of fused-ring (bicyclic) bond motifs is 1. The Morgan fingerprint density at radius 1 is 1.09 bits per heavy atom. The predicted molar refractivity (Wildman–Crippen MR) is 127 cm³/mol. The summed E-state index contributed by atoms with van der Waals surface area (Å²) in [5.41, 5.74) is 1.98. The van der Waals surface area contributed by atoms with Crippen molar-refractivity contribution >= 4 is 50.2 Å². The molecule has 2 N–H and O–H groups in total. The van der Waals surface area contributed by atoms with Crippen LogP contribution < -0.4 is 9.62 Å². The number of benzene rings is 3. The second-order valence-electron chi connectivity index (χ2n) is 6.86. The molecule has 0 radical (unpaired) electrons. The lowest BCUT2D eigenvalue weighted by Crippen LogP contribution is -2.31. The van der Waals surface area contributed by atoms with Gasteiger partial charge in [0.25, 0.3) is 15.9 Å². The summed E-state index contributed by atoms with van der Waals surface area (Å²) in [5.74, 6) is -0.220. The molecule has 1 amide bonds. The van der Waals surface area contributed by atoms with Gasteiger partial charge in [0, 0.05) is 5.56 Å². The Labute approximate surface area is 190 Å². The van der Waals surface area contributed by atoms with E-state index in [0.29, 0.717) is 11.2 Å². The number of rotatable bonds is 7. The number of nitrogens with one attached hydrogen (secondary N) is 2. The van der Waals surface area contributed by atoms with Crippen molar-refractivity contribution in [2.45, 2.75) is 4.90 Å². The SMILES string of the molecule is C=CCN(c1ccccc1Cl)S(=O)(=O)c1cccc(C(=O)Nc2nc3ccccc3[nH]2)c1. The number of imidazole rings is 1. The van der Waals surface area contributed by atoms with Crippen LogP contribution in [0.25, 0.3) is 11.0 Å². The van der Waals surface area contributed by atoms with E-state index in [4.69, 9.17) is 11.6 Å². The van der Waals surface area contributed by atoms with Gasteiger partial charge >= 0.3 is 0 Å². The van der Waals surface area contributed by atoms with Crippen LogP contribution in [0.15, 0.2) is 90.3 Å². The quantitative estimate of drug-likeness (QED) is 0.380. The molecule has 1 aromatic heterocycles. The Kier molecular flexibility index (Phi) is 5.98. The van der Waals surface area contributed by atoms with Crippen molar-refractivity contribution < 1.29 is 13.2 Å². The van der Waals surface area contributed by atoms with Crippen LogP contribution in [0.2, 0.25) is 5.02 Å². The minimum absolute atomic E-state index is 0.0154. The maximum absolute atomic E-state index is 13.4. The summed E-state index contributed by atoms with van der Waals surface area (Å²) in [6.45, 7) is 3.67. The van der Waals surface area contributed by atoms with Crippen molar-refractivity contribution in [3.63, 3.8) is 0 Å². The minimum atomic E-state index is -4.01. The van der Waals surface area contributed by atoms with Gasteiger partial charge in [0.1, 0.15) is 0 Å². The number of hydrogen-bond acceptors (Lipinski definition) is 4. The number of nitrogens with zero attached hydrogens (tertiary/aromatic N) is 2. The van der Waals surface area contributed by atoms with Gasteiger partial charge in [-0.15, -0.1) is 6.58 Å². The van der Waals surface area contributed by atoms with Crippen LogP contribution in [0.5, 0.6) is 0 Å². The molecule has 1 heterocycles. The zero-order valence-electron chi connectivity index (χ0n) is 16.8. The number of anilines is 2. The van der Waals surface area contributed by atoms with E-state index in [1.165, 1.54) is 30.3 Å². The van der Waals surface area contributed by atoms with E-state index in [9.17, 15) is 13.2 Å². The number of aromatic nitrogens is 2. The first-order chi connectivity index (χ1) is 15.4. The molecule has 32 heavy (non-hydrogen) atoms. The fourth-order valence-electron chi connectivity index (χ4n) is 3.21. The van der Waals surface area contributed by atoms with Gasteiger partial charge in [-0.25, -0.2) is 13.4 Å². The van der Waals surface area contributed by atoms with Gasteiger partial charge in [-0.1, -0.05) is 48.0 Å². The highest BCUT2D eigenvalue weighted by molar-refractivity contribution is 7.92. The number of carbonyl (C=O) groups is 1. The van der Waals surface area contributed by atoms with Crippen LogP contribution in [-0.2, 0) is 10.0 Å². The summed E-state index contributed by atoms with van der Waals surface area (Å²) < 4.78 is 27.9. The van der Waals surface area contributed by atoms with E-state index in [1.54, 1.807) is 24.3 Å². The highest BCUT2D eigenvalue weighted by Crippen LogP contribution is 2.30. The number of aromatic amines is 1. The Bertz CT molecular complexity index is 1380. The first kappa shape index (κ1) is 21.6. The second-order valence-corrected chi connectivity index (χ2v) is 9.13. The lowest BCUT2D eigenvalue weighted by Gasteiger charge is -2.24. The molecule has 0 saturated carbocycles. The van der Waals surface area contributed by atoms with Crippen molar-refractivity contribution in [2.24, 2.45) is 0 Å². The van der Waals surface area contributed by atoms with Crippen LogP contribution in [0.1, 0.15) is 10.4 Å². The summed E-state index contributed by atoms with van der Waals surface area (Å²) >= 11 is 6.24. The monoisotopic (exact) mass is 466 g/mol. The summed E-state index contributed by atoms with van der Waals surface area (Å²) in [6, 6.07) is 19.8. The fraction of sp³-hybridized carbons (Fsp3) is 0.0435. The van der Waals surface area contributed by atoms with Crippen molar-refractivity contribution in [3.8, 4) is 0 Å². The molecule has 9 heteroatoms. The molecule has 0 atom stereocenters. The van der Waals surface area contributed by atoms with Gasteiger partial charge in [-0.2, -0.15) is 0 Å². The number of hydrogen-bond donors (Lipinski definition) is 2. The molecule has 0 unspecified atom stereocenters. The standard InChI is InChI=1S/C23H19ClN4O3S/c1-2-14-28(21-13-6-3-10-18(21)24)32(30,31)17-9-7-8-16(15-17)22(29)27-23-25-19-11-4-5-12-20(19)26-23/h2-13,15H,1,14H2,(H2,25,26,27,29). The van der Waals surface area contributed by atoms with E-state index < -0.39 is 15.9 Å². The first-order valence-electron chi connectivity index (χ1n) is 9.64. The van der Waals surface area contributed by atoms with Crippen molar-refractivity contribution in [1.29, 1.82) is 0 Å². The first-order valence-corrected chi connectivity index (χ1v) is 11.5. The number of H-pyrrole nitrogens is 1. The van der Waals surface area contributed by atoms with Gasteiger partial charge in [0.15, 0.2) is 0 Å². The molecule has 0 aliphatic carbocycles. The average molecular weight is 467 g/mol. The summed E-state index contributed by atoms with van der Waals surface area (Å²) in [7, 11) is -4.01. The van der Waals surface area contributed by atoms with Gasteiger partial charge in [-0.3, -0.25) is 14.4 Å². The lowest BCUT2D eigenvalue weighted by molar-refractivity contribution is 0.102. The van der Waals surface area contributed by atoms with Gasteiger partial charge in [-0.05, 0) is 42.5 Å². The largest absolute Gasteiger partial charge is 0.324 e. The van der Waals surface area contributed by atoms with Gasteiger partial charge in [0.05, 0.1) is 33.2 Å². The number of sulfonamides is 1. The normalized spacial score (nSPS) is 11.3. The van der Waals surface area contributed by atoms with Crippen molar-refractivity contribution in [2.75, 3.05) is 16.2 Å². The Hall–Kier alpha value is -3.62. The molecule has 0 bridgehead atoms. The third kappa shape index (κ3) is 4.23. The molecular formula is C23H19ClN4O3S. The smallest absolute Gasteiger partial charge is 0.264 e. The van der Waals surface area contributed by atoms with E-state index in [2.05, 4.69) is 21.9 Å². The molecule has 0 fully saturated rings. The number of halogens is 1. The topological polar surface area (TPSA) is 95.2 Å². The Morgan fingerprint density at radius 2 is 1.84 bits per heavy atom. The summed E-state index contributed by atoms with van der Waals surface area (Å²) in [6.07, 6.45) is 1.47. The minimum Gasteiger partial charge on any atom is -0.324 e. The molecule has 0 aliphatic rings. The van der Waals surface area contributed by atoms with Gasteiger partial charge < -0.3 is 4.98 Å². The maximum Gasteiger partial charge on any atom is 0.264 e. The lowest BCUT2D eigenvalue weighted by atomic mass is 10.2. The zero-order chi connectivity index (χ0) is 22.7.